The molecule has 0 aliphatic rings. The summed E-state index contributed by atoms with van der Waals surface area (Å²) in [6, 6.07) is 8.37. The summed E-state index contributed by atoms with van der Waals surface area (Å²) < 4.78 is 0. The van der Waals surface area contributed by atoms with Crippen LogP contribution in [0.15, 0.2) is 24.3 Å². The molecule has 2 rings (SSSR count). The van der Waals surface area contributed by atoms with Crippen LogP contribution < -0.4 is 5.32 Å². The SMILES string of the molecule is Cc1ccccc1-c1nc(C)c(CC(=O)NC(C)C)s1. The summed E-state index contributed by atoms with van der Waals surface area (Å²) >= 11 is 1.61. The second-order valence-corrected chi connectivity index (χ2v) is 6.33. The Bertz CT molecular complexity index is 617. The molecule has 0 radical (unpaired) electrons. The zero-order valence-electron chi connectivity index (χ0n) is 12.4. The molecule has 0 unspecified atom stereocenters. The molecule has 0 aliphatic heterocycles. The number of hydrogen-bond donors (Lipinski definition) is 1. The van der Waals surface area contributed by atoms with Crippen LogP contribution in [-0.4, -0.2) is 16.9 Å². The number of carbonyl (C=O) groups is 1. The molecule has 0 fully saturated rings. The standard InChI is InChI=1S/C16H20N2OS/c1-10(2)17-15(19)9-14-12(4)18-16(20-14)13-8-6-5-7-11(13)3/h5-8,10H,9H2,1-4H3,(H,17,19). The fourth-order valence-corrected chi connectivity index (χ4v) is 3.19. The number of thiazole rings is 1. The summed E-state index contributed by atoms with van der Waals surface area (Å²) in [7, 11) is 0. The number of amides is 1. The van der Waals surface area contributed by atoms with Gasteiger partial charge in [0.1, 0.15) is 5.01 Å². The van der Waals surface area contributed by atoms with E-state index in [0.717, 1.165) is 21.1 Å². The van der Waals surface area contributed by atoms with E-state index in [1.165, 1.54) is 5.56 Å². The van der Waals surface area contributed by atoms with Crippen molar-refractivity contribution in [2.45, 2.75) is 40.2 Å². The van der Waals surface area contributed by atoms with Gasteiger partial charge in [-0.15, -0.1) is 11.3 Å². The number of nitrogens with one attached hydrogen (secondary N) is 1. The van der Waals surface area contributed by atoms with Crippen molar-refractivity contribution in [1.82, 2.24) is 10.3 Å². The van der Waals surface area contributed by atoms with Crippen LogP contribution in [0, 0.1) is 13.8 Å². The molecule has 2 aromatic rings. The van der Waals surface area contributed by atoms with E-state index in [-0.39, 0.29) is 11.9 Å². The monoisotopic (exact) mass is 288 g/mol. The van der Waals surface area contributed by atoms with E-state index in [2.05, 4.69) is 29.4 Å². The average molecular weight is 288 g/mol. The fraction of sp³-hybridized carbons (Fsp3) is 0.375. The van der Waals surface area contributed by atoms with E-state index in [4.69, 9.17) is 0 Å². The molecule has 1 aromatic carbocycles. The van der Waals surface area contributed by atoms with Crippen molar-refractivity contribution in [1.29, 1.82) is 0 Å². The van der Waals surface area contributed by atoms with Crippen LogP contribution in [0.4, 0.5) is 0 Å². The minimum absolute atomic E-state index is 0.0584. The first-order chi connectivity index (χ1) is 9.47. The van der Waals surface area contributed by atoms with Gasteiger partial charge in [-0.1, -0.05) is 24.3 Å². The maximum Gasteiger partial charge on any atom is 0.225 e. The summed E-state index contributed by atoms with van der Waals surface area (Å²) in [6.07, 6.45) is 0.410. The summed E-state index contributed by atoms with van der Waals surface area (Å²) in [6.45, 7) is 7.99. The second-order valence-electron chi connectivity index (χ2n) is 5.24. The smallest absolute Gasteiger partial charge is 0.225 e. The lowest BCUT2D eigenvalue weighted by Crippen LogP contribution is -2.31. The Balaban J connectivity index is 2.22. The lowest BCUT2D eigenvalue weighted by atomic mass is 10.1. The molecule has 3 nitrogen and oxygen atoms in total. The van der Waals surface area contributed by atoms with Gasteiger partial charge in [0.2, 0.25) is 5.91 Å². The number of benzene rings is 1. The molecule has 4 heteroatoms. The van der Waals surface area contributed by atoms with Gasteiger partial charge in [0.15, 0.2) is 0 Å². The van der Waals surface area contributed by atoms with E-state index >= 15 is 0 Å². The lowest BCUT2D eigenvalue weighted by molar-refractivity contribution is -0.120. The van der Waals surface area contributed by atoms with Gasteiger partial charge in [-0.2, -0.15) is 0 Å². The van der Waals surface area contributed by atoms with E-state index in [1.54, 1.807) is 11.3 Å². The highest BCUT2D eigenvalue weighted by Gasteiger charge is 2.14. The van der Waals surface area contributed by atoms with Gasteiger partial charge in [-0.3, -0.25) is 4.79 Å². The summed E-state index contributed by atoms with van der Waals surface area (Å²) in [5.74, 6) is 0.0584. The van der Waals surface area contributed by atoms with Gasteiger partial charge in [-0.05, 0) is 33.3 Å². The highest BCUT2D eigenvalue weighted by Crippen LogP contribution is 2.30. The normalized spacial score (nSPS) is 10.8. The molecule has 1 heterocycles. The highest BCUT2D eigenvalue weighted by molar-refractivity contribution is 7.15. The molecule has 20 heavy (non-hydrogen) atoms. The second kappa shape index (κ2) is 6.18. The van der Waals surface area contributed by atoms with Crippen molar-refractivity contribution < 1.29 is 4.79 Å². The molecule has 0 saturated heterocycles. The largest absolute Gasteiger partial charge is 0.354 e. The van der Waals surface area contributed by atoms with Gasteiger partial charge in [0, 0.05) is 16.5 Å². The predicted octanol–water partition coefficient (Wildman–Crippen LogP) is 3.49. The van der Waals surface area contributed by atoms with Crippen LogP contribution in [0.5, 0.6) is 0 Å². The maximum absolute atomic E-state index is 11.9. The quantitative estimate of drug-likeness (QED) is 0.935. The minimum Gasteiger partial charge on any atom is -0.354 e. The lowest BCUT2D eigenvalue weighted by Gasteiger charge is -2.07. The fourth-order valence-electron chi connectivity index (χ4n) is 2.04. The number of nitrogens with zero attached hydrogens (tertiary/aromatic N) is 1. The Kier molecular flexibility index (Phi) is 4.55. The molecule has 0 aliphatic carbocycles. The maximum atomic E-state index is 11.9. The summed E-state index contributed by atoms with van der Waals surface area (Å²) in [4.78, 5) is 17.5. The van der Waals surface area contributed by atoms with Crippen LogP contribution in [-0.2, 0) is 11.2 Å². The number of hydrogen-bond acceptors (Lipinski definition) is 3. The average Bonchev–Trinajstić information content (AvgIpc) is 2.70. The molecule has 1 N–H and O–H groups in total. The van der Waals surface area contributed by atoms with E-state index < -0.39 is 0 Å². The highest BCUT2D eigenvalue weighted by atomic mass is 32.1. The van der Waals surface area contributed by atoms with Gasteiger partial charge < -0.3 is 5.32 Å². The van der Waals surface area contributed by atoms with Crippen molar-refractivity contribution in [2.75, 3.05) is 0 Å². The molecule has 1 amide bonds. The van der Waals surface area contributed by atoms with Crippen molar-refractivity contribution in [3.8, 4) is 10.6 Å². The van der Waals surface area contributed by atoms with E-state index in [0.29, 0.717) is 6.42 Å². The van der Waals surface area contributed by atoms with Gasteiger partial charge in [0.25, 0.3) is 0 Å². The molecular formula is C16H20N2OS. The molecular weight excluding hydrogens is 268 g/mol. The Morgan fingerprint density at radius 2 is 2.00 bits per heavy atom. The third-order valence-electron chi connectivity index (χ3n) is 3.04. The van der Waals surface area contributed by atoms with Crippen molar-refractivity contribution in [3.63, 3.8) is 0 Å². The van der Waals surface area contributed by atoms with Crippen molar-refractivity contribution in [3.05, 3.63) is 40.4 Å². The Hall–Kier alpha value is -1.68. The minimum atomic E-state index is 0.0584. The van der Waals surface area contributed by atoms with E-state index in [9.17, 15) is 4.79 Å². The third kappa shape index (κ3) is 3.45. The van der Waals surface area contributed by atoms with Crippen LogP contribution in [0.2, 0.25) is 0 Å². The van der Waals surface area contributed by atoms with Crippen molar-refractivity contribution >= 4 is 17.2 Å². The Morgan fingerprint density at radius 3 is 2.65 bits per heavy atom. The molecule has 0 atom stereocenters. The molecule has 0 spiro atoms. The van der Waals surface area contributed by atoms with E-state index in [1.807, 2.05) is 32.9 Å². The zero-order chi connectivity index (χ0) is 14.7. The van der Waals surface area contributed by atoms with Crippen LogP contribution >= 0.6 is 11.3 Å². The molecule has 0 bridgehead atoms. The van der Waals surface area contributed by atoms with Gasteiger partial charge in [-0.25, -0.2) is 4.98 Å². The Morgan fingerprint density at radius 1 is 1.30 bits per heavy atom. The first-order valence-electron chi connectivity index (χ1n) is 6.79. The summed E-state index contributed by atoms with van der Waals surface area (Å²) in [5, 5.41) is 3.91. The van der Waals surface area contributed by atoms with Crippen LogP contribution in [0.3, 0.4) is 0 Å². The number of carbonyl (C=O) groups excluding carboxylic acids is 1. The first-order valence-corrected chi connectivity index (χ1v) is 7.60. The van der Waals surface area contributed by atoms with Crippen LogP contribution in [0.1, 0.15) is 30.0 Å². The van der Waals surface area contributed by atoms with Crippen molar-refractivity contribution in [2.24, 2.45) is 0 Å². The number of aromatic nitrogens is 1. The topological polar surface area (TPSA) is 42.0 Å². The van der Waals surface area contributed by atoms with Gasteiger partial charge in [0.05, 0.1) is 12.1 Å². The van der Waals surface area contributed by atoms with Crippen LogP contribution in [0.25, 0.3) is 10.6 Å². The molecule has 1 aromatic heterocycles. The molecule has 106 valence electrons. The number of rotatable bonds is 4. The number of aryl methyl sites for hydroxylation is 2. The first kappa shape index (κ1) is 14.7. The third-order valence-corrected chi connectivity index (χ3v) is 4.23. The Labute approximate surface area is 124 Å². The summed E-state index contributed by atoms with van der Waals surface area (Å²) in [5.41, 5.74) is 3.31. The predicted molar refractivity (Wildman–Crippen MR) is 84.0 cm³/mol. The molecule has 0 saturated carbocycles. The zero-order valence-corrected chi connectivity index (χ0v) is 13.2. The van der Waals surface area contributed by atoms with Gasteiger partial charge >= 0.3 is 0 Å².